The minimum absolute atomic E-state index is 0.195. The van der Waals surface area contributed by atoms with Crippen molar-refractivity contribution < 1.29 is 23.1 Å². The van der Waals surface area contributed by atoms with Crippen LogP contribution in [-0.4, -0.2) is 30.9 Å². The van der Waals surface area contributed by atoms with Gasteiger partial charge < -0.3 is 10.1 Å². The lowest BCUT2D eigenvalue weighted by atomic mass is 10.0. The molecule has 110 valence electrons. The van der Waals surface area contributed by atoms with Crippen molar-refractivity contribution in [3.8, 4) is 0 Å². The molecule has 20 heavy (non-hydrogen) atoms. The Morgan fingerprint density at radius 3 is 2.60 bits per heavy atom. The van der Waals surface area contributed by atoms with E-state index >= 15 is 0 Å². The Bertz CT molecular complexity index is 491. The number of halogens is 2. The first-order chi connectivity index (χ1) is 9.49. The third kappa shape index (κ3) is 4.38. The fourth-order valence-corrected chi connectivity index (χ4v) is 1.76. The number of likely N-dealkylation sites (N-methyl/N-ethyl adjacent to an activating group) is 1. The van der Waals surface area contributed by atoms with E-state index in [1.54, 1.807) is 13.8 Å². The monoisotopic (exact) mass is 285 g/mol. The van der Waals surface area contributed by atoms with Crippen LogP contribution in [0.25, 0.3) is 0 Å². The Kier molecular flexibility index (Phi) is 6.24. The number of carbonyl (C=O) groups is 2. The average Bonchev–Trinajstić information content (AvgIpc) is 2.40. The fourth-order valence-electron chi connectivity index (χ4n) is 1.76. The van der Waals surface area contributed by atoms with Crippen molar-refractivity contribution in [3.05, 3.63) is 35.4 Å². The highest BCUT2D eigenvalue weighted by molar-refractivity contribution is 6.02. The molecule has 0 aromatic heterocycles. The molecule has 0 bridgehead atoms. The van der Waals surface area contributed by atoms with E-state index < -0.39 is 29.4 Å². The summed E-state index contributed by atoms with van der Waals surface area (Å²) in [5.41, 5.74) is -0.375. The summed E-state index contributed by atoms with van der Waals surface area (Å²) in [5.74, 6) is -2.76. The van der Waals surface area contributed by atoms with E-state index in [2.05, 4.69) is 5.32 Å². The summed E-state index contributed by atoms with van der Waals surface area (Å²) in [6.45, 7) is 3.99. The molecule has 4 nitrogen and oxygen atoms in total. The molecular weight excluding hydrogens is 268 g/mol. The number of ether oxygens (including phenoxy) is 1. The molecular formula is C14H17F2NO3. The molecule has 0 amide bonds. The second-order valence-corrected chi connectivity index (χ2v) is 4.11. The maximum atomic E-state index is 13.6. The highest BCUT2D eigenvalue weighted by Gasteiger charge is 2.25. The van der Waals surface area contributed by atoms with Gasteiger partial charge in [0.05, 0.1) is 24.6 Å². The van der Waals surface area contributed by atoms with Crippen molar-refractivity contribution in [3.63, 3.8) is 0 Å². The number of hydrogen-bond acceptors (Lipinski definition) is 4. The predicted molar refractivity (Wildman–Crippen MR) is 69.4 cm³/mol. The quantitative estimate of drug-likeness (QED) is 0.615. The van der Waals surface area contributed by atoms with Gasteiger partial charge in [-0.3, -0.25) is 9.59 Å². The molecule has 1 aromatic rings. The summed E-state index contributed by atoms with van der Waals surface area (Å²) in [7, 11) is 0. The average molecular weight is 285 g/mol. The molecule has 0 aliphatic carbocycles. The molecule has 0 aliphatic rings. The molecule has 0 aliphatic heterocycles. The highest BCUT2D eigenvalue weighted by atomic mass is 19.1. The summed E-state index contributed by atoms with van der Waals surface area (Å²) < 4.78 is 31.4. The van der Waals surface area contributed by atoms with Crippen molar-refractivity contribution in [2.45, 2.75) is 26.3 Å². The Hall–Kier alpha value is -1.82. The third-order valence-electron chi connectivity index (χ3n) is 2.64. The first kappa shape index (κ1) is 16.2. The smallest absolute Gasteiger partial charge is 0.307 e. The molecule has 1 N–H and O–H groups in total. The van der Waals surface area contributed by atoms with Gasteiger partial charge in [-0.2, -0.15) is 0 Å². The SMILES string of the molecule is CCNC(CC(=O)OCC)C(=O)c1cc(F)ccc1F. The van der Waals surface area contributed by atoms with Crippen LogP contribution >= 0.6 is 0 Å². The Morgan fingerprint density at radius 2 is 2.00 bits per heavy atom. The van der Waals surface area contributed by atoms with Gasteiger partial charge in [0.2, 0.25) is 0 Å². The molecule has 1 unspecified atom stereocenters. The third-order valence-corrected chi connectivity index (χ3v) is 2.64. The summed E-state index contributed by atoms with van der Waals surface area (Å²) in [5, 5.41) is 2.78. The first-order valence-corrected chi connectivity index (χ1v) is 6.37. The minimum atomic E-state index is -0.935. The maximum Gasteiger partial charge on any atom is 0.307 e. The van der Waals surface area contributed by atoms with Crippen molar-refractivity contribution in [2.75, 3.05) is 13.2 Å². The van der Waals surface area contributed by atoms with Crippen LogP contribution < -0.4 is 5.32 Å². The van der Waals surface area contributed by atoms with Gasteiger partial charge in [0, 0.05) is 0 Å². The molecule has 0 saturated carbocycles. The van der Waals surface area contributed by atoms with Crippen molar-refractivity contribution in [1.82, 2.24) is 5.32 Å². The van der Waals surface area contributed by atoms with Crippen molar-refractivity contribution >= 4 is 11.8 Å². The van der Waals surface area contributed by atoms with E-state index in [-0.39, 0.29) is 18.6 Å². The van der Waals surface area contributed by atoms with Crippen LogP contribution in [0, 0.1) is 11.6 Å². The van der Waals surface area contributed by atoms with E-state index in [0.717, 1.165) is 18.2 Å². The number of carbonyl (C=O) groups excluding carboxylic acids is 2. The number of nitrogens with one attached hydrogen (secondary N) is 1. The van der Waals surface area contributed by atoms with Gasteiger partial charge in [-0.15, -0.1) is 0 Å². The molecule has 0 radical (unpaired) electrons. The van der Waals surface area contributed by atoms with E-state index in [0.29, 0.717) is 6.54 Å². The van der Waals surface area contributed by atoms with Gasteiger partial charge in [0.15, 0.2) is 5.78 Å². The van der Waals surface area contributed by atoms with Gasteiger partial charge in [-0.1, -0.05) is 6.92 Å². The van der Waals surface area contributed by atoms with Crippen LogP contribution in [0.5, 0.6) is 0 Å². The standard InChI is InChI=1S/C14H17F2NO3/c1-3-17-12(8-13(18)20-4-2)14(19)10-7-9(15)5-6-11(10)16/h5-7,12,17H,3-4,8H2,1-2H3. The van der Waals surface area contributed by atoms with E-state index in [4.69, 9.17) is 4.74 Å². The van der Waals surface area contributed by atoms with Crippen molar-refractivity contribution in [1.29, 1.82) is 0 Å². The molecule has 0 fully saturated rings. The van der Waals surface area contributed by atoms with Crippen LogP contribution in [0.4, 0.5) is 8.78 Å². The molecule has 1 rings (SSSR count). The predicted octanol–water partition coefficient (Wildman–Crippen LogP) is 2.08. The van der Waals surface area contributed by atoms with Crippen LogP contribution in [0.3, 0.4) is 0 Å². The van der Waals surface area contributed by atoms with Gasteiger partial charge in [0.25, 0.3) is 0 Å². The first-order valence-electron chi connectivity index (χ1n) is 6.37. The second kappa shape index (κ2) is 7.69. The minimum Gasteiger partial charge on any atom is -0.466 e. The second-order valence-electron chi connectivity index (χ2n) is 4.11. The Labute approximate surface area is 116 Å². The fraction of sp³-hybridized carbons (Fsp3) is 0.429. The van der Waals surface area contributed by atoms with Gasteiger partial charge >= 0.3 is 5.97 Å². The normalized spacial score (nSPS) is 12.0. The van der Waals surface area contributed by atoms with Crippen LogP contribution in [0.1, 0.15) is 30.6 Å². The van der Waals surface area contributed by atoms with E-state index in [1.807, 2.05) is 0 Å². The van der Waals surface area contributed by atoms with E-state index in [9.17, 15) is 18.4 Å². The molecule has 0 spiro atoms. The van der Waals surface area contributed by atoms with Gasteiger partial charge in [0.1, 0.15) is 11.6 Å². The maximum absolute atomic E-state index is 13.6. The summed E-state index contributed by atoms with van der Waals surface area (Å²) >= 11 is 0. The zero-order valence-electron chi connectivity index (χ0n) is 11.4. The van der Waals surface area contributed by atoms with Crippen LogP contribution in [0.15, 0.2) is 18.2 Å². The zero-order chi connectivity index (χ0) is 15.1. The zero-order valence-corrected chi connectivity index (χ0v) is 11.4. The topological polar surface area (TPSA) is 55.4 Å². The largest absolute Gasteiger partial charge is 0.466 e. The molecule has 6 heteroatoms. The summed E-state index contributed by atoms with van der Waals surface area (Å²) in [6.07, 6.45) is -0.226. The number of rotatable bonds is 7. The lowest BCUT2D eigenvalue weighted by Gasteiger charge is -2.16. The molecule has 1 aromatic carbocycles. The number of hydrogen-bond donors (Lipinski definition) is 1. The summed E-state index contributed by atoms with van der Waals surface area (Å²) in [4.78, 5) is 23.6. The Morgan fingerprint density at radius 1 is 1.30 bits per heavy atom. The highest BCUT2D eigenvalue weighted by Crippen LogP contribution is 2.14. The lowest BCUT2D eigenvalue weighted by Crippen LogP contribution is -2.39. The van der Waals surface area contributed by atoms with Gasteiger partial charge in [-0.05, 0) is 31.7 Å². The van der Waals surface area contributed by atoms with Crippen LogP contribution in [0.2, 0.25) is 0 Å². The number of esters is 1. The number of benzene rings is 1. The molecule has 1 atom stereocenters. The van der Waals surface area contributed by atoms with Gasteiger partial charge in [-0.25, -0.2) is 8.78 Å². The Balaban J connectivity index is 2.93. The molecule has 0 saturated heterocycles. The molecule has 0 heterocycles. The van der Waals surface area contributed by atoms with Crippen molar-refractivity contribution in [2.24, 2.45) is 0 Å². The number of Topliss-reactive ketones (excluding diaryl/α,β-unsaturated/α-hetero) is 1. The number of ketones is 1. The summed E-state index contributed by atoms with van der Waals surface area (Å²) in [6, 6.07) is 1.71. The van der Waals surface area contributed by atoms with Crippen LogP contribution in [-0.2, 0) is 9.53 Å². The lowest BCUT2D eigenvalue weighted by molar-refractivity contribution is -0.143. The van der Waals surface area contributed by atoms with E-state index in [1.165, 1.54) is 0 Å².